The molecule has 3 rings (SSSR count). The van der Waals surface area contributed by atoms with E-state index in [9.17, 15) is 35.9 Å². The number of carbonyl (C=O) groups excluding carboxylic acids is 1. The van der Waals surface area contributed by atoms with E-state index in [1.807, 2.05) is 0 Å². The SMILES string of the molecule is C[Si](C)(C)CCOCn1nc(/C=C/COC(=O)N2CCN(c3ncc(C(F)(F)F)cn3)CC2)c(C(F)(F)F)cc1=O. The zero-order valence-corrected chi connectivity index (χ0v) is 23.6. The first kappa shape index (κ1) is 32.0. The predicted octanol–water partition coefficient (Wildman–Crippen LogP) is 4.36. The number of anilines is 1. The summed E-state index contributed by atoms with van der Waals surface area (Å²) < 4.78 is 89.9. The van der Waals surface area contributed by atoms with Gasteiger partial charge in [0.1, 0.15) is 13.3 Å². The Bertz CT molecular complexity index is 1270. The molecule has 2 aromatic rings. The van der Waals surface area contributed by atoms with Gasteiger partial charge in [-0.15, -0.1) is 0 Å². The van der Waals surface area contributed by atoms with Crippen molar-refractivity contribution in [1.29, 1.82) is 0 Å². The lowest BCUT2D eigenvalue weighted by Gasteiger charge is -2.34. The van der Waals surface area contributed by atoms with Gasteiger partial charge in [0.15, 0.2) is 0 Å². The third-order valence-electron chi connectivity index (χ3n) is 5.91. The molecule has 0 saturated carbocycles. The summed E-state index contributed by atoms with van der Waals surface area (Å²) in [4.78, 5) is 35.0. The molecule has 0 N–H and O–H groups in total. The number of alkyl halides is 6. The lowest BCUT2D eigenvalue weighted by molar-refractivity contribution is -0.139. The van der Waals surface area contributed by atoms with E-state index in [2.05, 4.69) is 34.7 Å². The first-order valence-electron chi connectivity index (χ1n) is 12.5. The van der Waals surface area contributed by atoms with E-state index in [1.54, 1.807) is 4.90 Å². The summed E-state index contributed by atoms with van der Waals surface area (Å²) in [7, 11) is -1.40. The minimum Gasteiger partial charge on any atom is -0.445 e. The average molecular weight is 609 g/mol. The number of hydrogen-bond acceptors (Lipinski definition) is 8. The van der Waals surface area contributed by atoms with Crippen LogP contribution in [0, 0.1) is 0 Å². The van der Waals surface area contributed by atoms with Gasteiger partial charge >= 0.3 is 18.4 Å². The number of rotatable bonds is 9. The van der Waals surface area contributed by atoms with Gasteiger partial charge in [0.25, 0.3) is 5.56 Å². The molecular weight excluding hydrogens is 578 g/mol. The van der Waals surface area contributed by atoms with E-state index < -0.39 is 48.9 Å². The topological polar surface area (TPSA) is 103 Å². The molecule has 10 nitrogen and oxygen atoms in total. The van der Waals surface area contributed by atoms with Crippen molar-refractivity contribution in [3.63, 3.8) is 0 Å². The van der Waals surface area contributed by atoms with Crippen LogP contribution in [-0.4, -0.2) is 78.2 Å². The molecule has 0 atom stereocenters. The Hall–Kier alpha value is -3.47. The van der Waals surface area contributed by atoms with Crippen LogP contribution in [0.3, 0.4) is 0 Å². The highest BCUT2D eigenvalue weighted by atomic mass is 28.3. The molecule has 1 aliphatic rings. The van der Waals surface area contributed by atoms with Crippen molar-refractivity contribution >= 4 is 26.2 Å². The van der Waals surface area contributed by atoms with Crippen molar-refractivity contribution in [2.75, 3.05) is 44.3 Å². The van der Waals surface area contributed by atoms with Crippen LogP contribution in [0.25, 0.3) is 6.08 Å². The molecule has 0 unspecified atom stereocenters. The fourth-order valence-corrected chi connectivity index (χ4v) is 4.32. The van der Waals surface area contributed by atoms with Gasteiger partial charge in [-0.1, -0.05) is 19.6 Å². The van der Waals surface area contributed by atoms with E-state index in [1.165, 1.54) is 11.0 Å². The van der Waals surface area contributed by atoms with Crippen molar-refractivity contribution in [2.45, 2.75) is 44.8 Å². The molecule has 3 heterocycles. The first-order chi connectivity index (χ1) is 19.0. The van der Waals surface area contributed by atoms with Crippen molar-refractivity contribution in [3.8, 4) is 0 Å². The molecule has 17 heteroatoms. The molecule has 0 radical (unpaired) electrons. The Morgan fingerprint density at radius 3 is 2.22 bits per heavy atom. The normalized spacial score (nSPS) is 15.0. The summed E-state index contributed by atoms with van der Waals surface area (Å²) in [5.74, 6) is 0.0877. The summed E-state index contributed by atoms with van der Waals surface area (Å²) >= 11 is 0. The minimum absolute atomic E-state index is 0.0877. The van der Waals surface area contributed by atoms with E-state index in [-0.39, 0.29) is 45.5 Å². The smallest absolute Gasteiger partial charge is 0.419 e. The minimum atomic E-state index is -4.84. The molecule has 0 aliphatic carbocycles. The molecule has 226 valence electrons. The number of halogens is 6. The van der Waals surface area contributed by atoms with Crippen LogP contribution in [0.4, 0.5) is 37.1 Å². The molecule has 1 aliphatic heterocycles. The summed E-state index contributed by atoms with van der Waals surface area (Å²) in [5.41, 5.74) is -3.70. The Morgan fingerprint density at radius 2 is 1.66 bits per heavy atom. The van der Waals surface area contributed by atoms with E-state index in [0.29, 0.717) is 25.1 Å². The molecule has 0 bridgehead atoms. The lowest BCUT2D eigenvalue weighted by Crippen LogP contribution is -2.49. The molecule has 1 saturated heterocycles. The van der Waals surface area contributed by atoms with Crippen LogP contribution in [0.5, 0.6) is 0 Å². The number of amides is 1. The number of ether oxygens (including phenoxy) is 2. The van der Waals surface area contributed by atoms with Gasteiger partial charge in [-0.05, 0) is 18.2 Å². The molecule has 1 amide bonds. The zero-order chi connectivity index (χ0) is 30.4. The number of carbonyl (C=O) groups is 1. The third-order valence-corrected chi connectivity index (χ3v) is 7.61. The van der Waals surface area contributed by atoms with E-state index in [4.69, 9.17) is 9.47 Å². The second kappa shape index (κ2) is 13.0. The van der Waals surface area contributed by atoms with Crippen LogP contribution in [0.15, 0.2) is 29.3 Å². The van der Waals surface area contributed by atoms with Crippen LogP contribution >= 0.6 is 0 Å². The Morgan fingerprint density at radius 1 is 1.02 bits per heavy atom. The number of aromatic nitrogens is 4. The average Bonchev–Trinajstić information content (AvgIpc) is 2.88. The van der Waals surface area contributed by atoms with Crippen molar-refractivity contribution in [3.05, 3.63) is 51.7 Å². The first-order valence-corrected chi connectivity index (χ1v) is 16.2. The Balaban J connectivity index is 1.55. The number of nitrogens with zero attached hydrogens (tertiary/aromatic N) is 6. The fourth-order valence-electron chi connectivity index (χ4n) is 3.57. The molecule has 0 aromatic carbocycles. The Labute approximate surface area is 232 Å². The molecule has 1 fully saturated rings. The largest absolute Gasteiger partial charge is 0.445 e. The molecule has 41 heavy (non-hydrogen) atoms. The van der Waals surface area contributed by atoms with Gasteiger partial charge in [-0.2, -0.15) is 31.4 Å². The van der Waals surface area contributed by atoms with Crippen LogP contribution in [0.2, 0.25) is 25.7 Å². The standard InChI is InChI=1S/C24H30F6N6O4Si/c1-41(2,3)12-11-39-16-36-20(37)13-18(24(28,29)30)19(33-36)5-4-10-40-22(38)35-8-6-34(7-9-35)21-31-14-17(15-32-21)23(25,26)27/h4-5,13-15H,6-12,16H2,1-3H3/b5-4+. The maximum atomic E-state index is 13.5. The van der Waals surface area contributed by atoms with Gasteiger partial charge in [0.2, 0.25) is 5.95 Å². The second-order valence-corrected chi connectivity index (χ2v) is 16.0. The van der Waals surface area contributed by atoms with Gasteiger partial charge < -0.3 is 19.3 Å². The summed E-state index contributed by atoms with van der Waals surface area (Å²) in [5, 5.41) is 3.79. The second-order valence-electron chi connectivity index (χ2n) is 10.3. The van der Waals surface area contributed by atoms with Crippen molar-refractivity contribution in [2.24, 2.45) is 0 Å². The van der Waals surface area contributed by atoms with E-state index >= 15 is 0 Å². The highest BCUT2D eigenvalue weighted by molar-refractivity contribution is 6.76. The predicted molar refractivity (Wildman–Crippen MR) is 139 cm³/mol. The van der Waals surface area contributed by atoms with Crippen LogP contribution in [-0.2, 0) is 28.6 Å². The zero-order valence-electron chi connectivity index (χ0n) is 22.6. The number of piperazine rings is 1. The maximum Gasteiger partial charge on any atom is 0.419 e. The summed E-state index contributed by atoms with van der Waals surface area (Å²) in [6, 6.07) is 1.25. The summed E-state index contributed by atoms with van der Waals surface area (Å²) in [6.07, 6.45) is -6.58. The number of hydrogen-bond donors (Lipinski definition) is 0. The van der Waals surface area contributed by atoms with Crippen LogP contribution in [0.1, 0.15) is 16.8 Å². The van der Waals surface area contributed by atoms with E-state index in [0.717, 1.165) is 16.8 Å². The van der Waals surface area contributed by atoms with Crippen molar-refractivity contribution < 1.29 is 40.6 Å². The monoisotopic (exact) mass is 608 g/mol. The molecule has 2 aromatic heterocycles. The van der Waals surface area contributed by atoms with Gasteiger partial charge in [-0.3, -0.25) is 4.79 Å². The lowest BCUT2D eigenvalue weighted by atomic mass is 10.2. The Kier molecular flexibility index (Phi) is 10.2. The maximum absolute atomic E-state index is 13.5. The molecule has 0 spiro atoms. The fraction of sp³-hybridized carbons (Fsp3) is 0.542. The third kappa shape index (κ3) is 9.55. The molecular formula is C24H30F6N6O4Si. The van der Waals surface area contributed by atoms with Gasteiger partial charge in [0, 0.05) is 59.3 Å². The van der Waals surface area contributed by atoms with Crippen LogP contribution < -0.4 is 10.5 Å². The highest BCUT2D eigenvalue weighted by Crippen LogP contribution is 2.31. The highest BCUT2D eigenvalue weighted by Gasteiger charge is 2.35. The van der Waals surface area contributed by atoms with Gasteiger partial charge in [-0.25, -0.2) is 19.4 Å². The quantitative estimate of drug-likeness (QED) is 0.235. The van der Waals surface area contributed by atoms with Crippen molar-refractivity contribution in [1.82, 2.24) is 24.6 Å². The summed E-state index contributed by atoms with van der Waals surface area (Å²) in [6.45, 7) is 6.86. The van der Waals surface area contributed by atoms with Gasteiger partial charge in [0.05, 0.1) is 16.8 Å².